The summed E-state index contributed by atoms with van der Waals surface area (Å²) in [6.07, 6.45) is 2.40. The molecule has 2 aromatic carbocycles. The number of thioether (sulfide) groups is 1. The molecule has 3 rings (SSSR count). The van der Waals surface area contributed by atoms with E-state index in [0.717, 1.165) is 5.56 Å². The summed E-state index contributed by atoms with van der Waals surface area (Å²) in [5.74, 6) is -0.755. The first-order chi connectivity index (χ1) is 13.4. The molecule has 0 unspecified atom stereocenters. The first kappa shape index (κ1) is 20.5. The Bertz CT molecular complexity index is 947. The quantitative estimate of drug-likeness (QED) is 0.507. The molecule has 0 saturated carbocycles. The van der Waals surface area contributed by atoms with Gasteiger partial charge in [-0.2, -0.15) is 0 Å². The normalized spacial score (nSPS) is 15.4. The van der Waals surface area contributed by atoms with Crippen LogP contribution in [0.15, 0.2) is 53.4 Å². The highest BCUT2D eigenvalue weighted by Crippen LogP contribution is 2.33. The lowest BCUT2D eigenvalue weighted by atomic mass is 10.2. The number of anilines is 1. The summed E-state index contributed by atoms with van der Waals surface area (Å²) in [6.45, 7) is 0.349. The van der Waals surface area contributed by atoms with E-state index < -0.39 is 0 Å². The zero-order chi connectivity index (χ0) is 20.1. The molecule has 1 aliphatic rings. The molecule has 0 aromatic heterocycles. The highest BCUT2D eigenvalue weighted by Gasteiger charge is 2.31. The van der Waals surface area contributed by atoms with Gasteiger partial charge < -0.3 is 5.32 Å². The minimum absolute atomic E-state index is 0.186. The summed E-state index contributed by atoms with van der Waals surface area (Å²) in [7, 11) is 0. The molecule has 8 heteroatoms. The number of halogens is 2. The van der Waals surface area contributed by atoms with Crippen molar-refractivity contribution in [3.8, 4) is 0 Å². The average molecular weight is 435 g/mol. The second kappa shape index (κ2) is 9.32. The molecule has 4 nitrogen and oxygen atoms in total. The van der Waals surface area contributed by atoms with Crippen LogP contribution in [0.3, 0.4) is 0 Å². The van der Waals surface area contributed by atoms with E-state index in [-0.39, 0.29) is 24.1 Å². The Hall–Kier alpha value is -2.22. The minimum atomic E-state index is -0.364. The average Bonchev–Trinajstić information content (AvgIpc) is 2.93. The highest BCUT2D eigenvalue weighted by molar-refractivity contribution is 8.26. The number of benzene rings is 2. The van der Waals surface area contributed by atoms with E-state index in [0.29, 0.717) is 32.9 Å². The zero-order valence-electron chi connectivity index (χ0n) is 14.7. The summed E-state index contributed by atoms with van der Waals surface area (Å²) < 4.78 is 13.3. The standard InChI is InChI=1S/C20H16ClFN2O2S2/c21-16-5-2-1-4-13(16)12-17-19(26)24(20(27)28-17)11-3-6-18(25)23-15-9-7-14(22)8-10-15/h1-2,4-5,7-10,12H,3,6,11H2,(H,23,25)/b17-12+. The summed E-state index contributed by atoms with van der Waals surface area (Å²) >= 11 is 12.7. The molecule has 2 amide bonds. The number of rotatable bonds is 6. The van der Waals surface area contributed by atoms with Gasteiger partial charge in [0.1, 0.15) is 10.1 Å². The molecule has 1 fully saturated rings. The van der Waals surface area contributed by atoms with Gasteiger partial charge >= 0.3 is 0 Å². The summed E-state index contributed by atoms with van der Waals surface area (Å²) in [5, 5.41) is 3.25. The number of hydrogen-bond acceptors (Lipinski definition) is 4. The van der Waals surface area contributed by atoms with Crippen molar-refractivity contribution in [2.24, 2.45) is 0 Å². The Balaban J connectivity index is 1.54. The Morgan fingerprint density at radius 1 is 1.21 bits per heavy atom. The van der Waals surface area contributed by atoms with Crippen molar-refractivity contribution >= 4 is 63.5 Å². The number of carbonyl (C=O) groups is 2. The fourth-order valence-electron chi connectivity index (χ4n) is 2.58. The SMILES string of the molecule is O=C(CCCN1C(=O)/C(=C\c2ccccc2Cl)SC1=S)Nc1ccc(F)cc1. The van der Waals surface area contributed by atoms with Gasteiger partial charge in [0, 0.05) is 23.7 Å². The highest BCUT2D eigenvalue weighted by atomic mass is 35.5. The Kier molecular flexibility index (Phi) is 6.83. The van der Waals surface area contributed by atoms with Gasteiger partial charge in [-0.1, -0.05) is 53.8 Å². The van der Waals surface area contributed by atoms with Gasteiger partial charge in [0.15, 0.2) is 0 Å². The summed E-state index contributed by atoms with van der Waals surface area (Å²) in [6, 6.07) is 12.8. The van der Waals surface area contributed by atoms with E-state index in [1.807, 2.05) is 18.2 Å². The molecule has 1 heterocycles. The van der Waals surface area contributed by atoms with Crippen LogP contribution in [0, 0.1) is 5.82 Å². The molecule has 0 atom stereocenters. The van der Waals surface area contributed by atoms with Crippen LogP contribution in [0.1, 0.15) is 18.4 Å². The van der Waals surface area contributed by atoms with Gasteiger partial charge in [0.25, 0.3) is 5.91 Å². The fourth-order valence-corrected chi connectivity index (χ4v) is 4.07. The van der Waals surface area contributed by atoms with Crippen LogP contribution in [0.5, 0.6) is 0 Å². The zero-order valence-corrected chi connectivity index (χ0v) is 17.0. The number of amides is 2. The third-order valence-electron chi connectivity index (χ3n) is 3.98. The molecule has 28 heavy (non-hydrogen) atoms. The maximum absolute atomic E-state index is 12.9. The number of thiocarbonyl (C=S) groups is 1. The predicted octanol–water partition coefficient (Wildman–Crippen LogP) is 5.10. The van der Waals surface area contributed by atoms with Gasteiger partial charge in [-0.25, -0.2) is 4.39 Å². The van der Waals surface area contributed by atoms with Gasteiger partial charge in [0.2, 0.25) is 5.91 Å². The molecule has 1 saturated heterocycles. The maximum Gasteiger partial charge on any atom is 0.266 e. The first-order valence-corrected chi connectivity index (χ1v) is 10.1. The number of carbonyl (C=O) groups excluding carboxylic acids is 2. The van der Waals surface area contributed by atoms with Crippen LogP contribution in [-0.4, -0.2) is 27.6 Å². The maximum atomic E-state index is 12.9. The van der Waals surface area contributed by atoms with E-state index >= 15 is 0 Å². The van der Waals surface area contributed by atoms with Crippen LogP contribution < -0.4 is 5.32 Å². The van der Waals surface area contributed by atoms with Crippen molar-refractivity contribution in [2.75, 3.05) is 11.9 Å². The molecule has 2 aromatic rings. The first-order valence-electron chi connectivity index (χ1n) is 8.49. The molecule has 0 radical (unpaired) electrons. The molecular formula is C20H16ClFN2O2S2. The van der Waals surface area contributed by atoms with Crippen molar-refractivity contribution in [3.05, 3.63) is 69.8 Å². The van der Waals surface area contributed by atoms with Crippen LogP contribution in [-0.2, 0) is 9.59 Å². The lowest BCUT2D eigenvalue weighted by Crippen LogP contribution is -2.29. The second-order valence-corrected chi connectivity index (χ2v) is 8.10. The van der Waals surface area contributed by atoms with E-state index in [4.69, 9.17) is 23.8 Å². The van der Waals surface area contributed by atoms with Crippen molar-refractivity contribution in [1.29, 1.82) is 0 Å². The molecule has 0 spiro atoms. The van der Waals surface area contributed by atoms with Crippen molar-refractivity contribution in [2.45, 2.75) is 12.8 Å². The van der Waals surface area contributed by atoms with Crippen LogP contribution in [0.4, 0.5) is 10.1 Å². The summed E-state index contributed by atoms with van der Waals surface area (Å²) in [5.41, 5.74) is 1.28. The number of nitrogens with one attached hydrogen (secondary N) is 1. The van der Waals surface area contributed by atoms with Gasteiger partial charge in [-0.05, 0) is 48.4 Å². The minimum Gasteiger partial charge on any atom is -0.326 e. The van der Waals surface area contributed by atoms with Crippen LogP contribution in [0.25, 0.3) is 6.08 Å². The monoisotopic (exact) mass is 434 g/mol. The van der Waals surface area contributed by atoms with Gasteiger partial charge in [-0.15, -0.1) is 0 Å². The number of nitrogens with zero attached hydrogens (tertiary/aromatic N) is 1. The van der Waals surface area contributed by atoms with Gasteiger partial charge in [0.05, 0.1) is 4.91 Å². The third kappa shape index (κ3) is 5.19. The molecule has 1 N–H and O–H groups in total. The topological polar surface area (TPSA) is 49.4 Å². The predicted molar refractivity (Wildman–Crippen MR) is 116 cm³/mol. The fraction of sp³-hybridized carbons (Fsp3) is 0.150. The van der Waals surface area contributed by atoms with Crippen molar-refractivity contribution in [3.63, 3.8) is 0 Å². The largest absolute Gasteiger partial charge is 0.326 e. The Labute approximate surface area is 176 Å². The Morgan fingerprint density at radius 3 is 2.64 bits per heavy atom. The van der Waals surface area contributed by atoms with Crippen LogP contribution in [0.2, 0.25) is 5.02 Å². The lowest BCUT2D eigenvalue weighted by molar-refractivity contribution is -0.122. The van der Waals surface area contributed by atoms with Crippen molar-refractivity contribution in [1.82, 2.24) is 4.90 Å². The molecule has 0 aliphatic carbocycles. The third-order valence-corrected chi connectivity index (χ3v) is 5.70. The molecular weight excluding hydrogens is 419 g/mol. The van der Waals surface area contributed by atoms with Gasteiger partial charge in [-0.3, -0.25) is 14.5 Å². The molecule has 0 bridgehead atoms. The Morgan fingerprint density at radius 2 is 1.93 bits per heavy atom. The second-order valence-electron chi connectivity index (χ2n) is 6.01. The van der Waals surface area contributed by atoms with E-state index in [2.05, 4.69) is 5.32 Å². The van der Waals surface area contributed by atoms with E-state index in [9.17, 15) is 14.0 Å². The smallest absolute Gasteiger partial charge is 0.266 e. The lowest BCUT2D eigenvalue weighted by Gasteiger charge is -2.14. The van der Waals surface area contributed by atoms with E-state index in [1.165, 1.54) is 40.9 Å². The summed E-state index contributed by atoms with van der Waals surface area (Å²) in [4.78, 5) is 26.6. The molecule has 1 aliphatic heterocycles. The number of hydrogen-bond donors (Lipinski definition) is 1. The van der Waals surface area contributed by atoms with E-state index in [1.54, 1.807) is 12.1 Å². The molecule has 144 valence electrons. The van der Waals surface area contributed by atoms with Crippen molar-refractivity contribution < 1.29 is 14.0 Å². The van der Waals surface area contributed by atoms with Crippen LogP contribution >= 0.6 is 35.6 Å².